The maximum Gasteiger partial charge on any atom is 0.134 e. The van der Waals surface area contributed by atoms with Gasteiger partial charge in [-0.05, 0) is 37.6 Å². The van der Waals surface area contributed by atoms with Crippen molar-refractivity contribution in [2.75, 3.05) is 0 Å². The fourth-order valence-corrected chi connectivity index (χ4v) is 2.00. The van der Waals surface area contributed by atoms with Gasteiger partial charge >= 0.3 is 0 Å². The number of halogens is 1. The lowest BCUT2D eigenvalue weighted by Crippen LogP contribution is -1.96. The molecule has 0 saturated carbocycles. The summed E-state index contributed by atoms with van der Waals surface area (Å²) in [5, 5.41) is 1.75. The van der Waals surface area contributed by atoms with E-state index in [0.717, 1.165) is 22.2 Å². The van der Waals surface area contributed by atoms with Crippen molar-refractivity contribution in [2.45, 2.75) is 20.3 Å². The second kappa shape index (κ2) is 3.70. The summed E-state index contributed by atoms with van der Waals surface area (Å²) >= 11 is 5.94. The van der Waals surface area contributed by atoms with Crippen LogP contribution in [0, 0.1) is 6.92 Å². The molecule has 0 unspecified atom stereocenters. The Morgan fingerprint density at radius 3 is 2.87 bits per heavy atom. The molecule has 2 aromatic rings. The lowest BCUT2D eigenvalue weighted by molar-refractivity contribution is -0.116. The maximum atomic E-state index is 11.1. The number of carbonyl (C=O) groups is 1. The number of nitrogens with one attached hydrogen (secondary N) is 1. The van der Waals surface area contributed by atoms with Gasteiger partial charge in [0, 0.05) is 28.0 Å². The quantitative estimate of drug-likeness (QED) is 0.830. The van der Waals surface area contributed by atoms with Gasteiger partial charge in [-0.3, -0.25) is 4.79 Å². The molecule has 2 nitrogen and oxygen atoms in total. The van der Waals surface area contributed by atoms with Crippen LogP contribution in [0.3, 0.4) is 0 Å². The Bertz CT molecular complexity index is 528. The van der Waals surface area contributed by atoms with Crippen molar-refractivity contribution in [1.29, 1.82) is 0 Å². The first-order valence-corrected chi connectivity index (χ1v) is 5.22. The molecular weight excluding hydrogens is 210 g/mol. The number of aryl methyl sites for hydroxylation is 1. The Balaban J connectivity index is 2.65. The van der Waals surface area contributed by atoms with Crippen LogP contribution in [0.4, 0.5) is 0 Å². The topological polar surface area (TPSA) is 32.9 Å². The van der Waals surface area contributed by atoms with Crippen molar-refractivity contribution in [3.8, 4) is 0 Å². The summed E-state index contributed by atoms with van der Waals surface area (Å²) in [5.41, 5.74) is 3.13. The van der Waals surface area contributed by atoms with Gasteiger partial charge < -0.3 is 4.98 Å². The first-order valence-electron chi connectivity index (χ1n) is 4.84. The number of ketones is 1. The predicted octanol–water partition coefficient (Wildman–Crippen LogP) is 3.26. The number of aromatic nitrogens is 1. The Labute approximate surface area is 93.2 Å². The molecule has 0 spiro atoms. The van der Waals surface area contributed by atoms with E-state index in [1.807, 2.05) is 25.1 Å². The van der Waals surface area contributed by atoms with E-state index in [1.54, 1.807) is 6.92 Å². The summed E-state index contributed by atoms with van der Waals surface area (Å²) < 4.78 is 0. The molecule has 78 valence electrons. The Morgan fingerprint density at radius 2 is 2.20 bits per heavy atom. The third kappa shape index (κ3) is 1.90. The van der Waals surface area contributed by atoms with Gasteiger partial charge in [0.05, 0.1) is 0 Å². The summed E-state index contributed by atoms with van der Waals surface area (Å²) in [7, 11) is 0. The lowest BCUT2D eigenvalue weighted by Gasteiger charge is -1.97. The minimum atomic E-state index is 0.166. The Kier molecular flexibility index (Phi) is 2.53. The van der Waals surface area contributed by atoms with Crippen LogP contribution < -0.4 is 0 Å². The lowest BCUT2D eigenvalue weighted by atomic mass is 10.1. The van der Waals surface area contributed by atoms with Crippen LogP contribution in [0.5, 0.6) is 0 Å². The van der Waals surface area contributed by atoms with Crippen LogP contribution in [-0.2, 0) is 11.2 Å². The molecule has 1 heterocycles. The monoisotopic (exact) mass is 221 g/mol. The van der Waals surface area contributed by atoms with Gasteiger partial charge in [0.1, 0.15) is 5.78 Å². The second-order valence-corrected chi connectivity index (χ2v) is 4.23. The summed E-state index contributed by atoms with van der Waals surface area (Å²) in [6.07, 6.45) is 0.464. The highest BCUT2D eigenvalue weighted by molar-refractivity contribution is 6.31. The van der Waals surface area contributed by atoms with Crippen molar-refractivity contribution >= 4 is 28.3 Å². The average molecular weight is 222 g/mol. The number of H-pyrrole nitrogens is 1. The summed E-state index contributed by atoms with van der Waals surface area (Å²) in [4.78, 5) is 14.4. The smallest absolute Gasteiger partial charge is 0.134 e. The average Bonchev–Trinajstić information content (AvgIpc) is 2.43. The standard InChI is InChI=1S/C12H12ClNO/c1-7(15)5-10-8(2)14-12-4-3-9(13)6-11(10)12/h3-4,6,14H,5H2,1-2H3. The number of aromatic amines is 1. The van der Waals surface area contributed by atoms with Crippen LogP contribution in [0.25, 0.3) is 10.9 Å². The molecule has 3 heteroatoms. The van der Waals surface area contributed by atoms with Crippen LogP contribution in [-0.4, -0.2) is 10.8 Å². The van der Waals surface area contributed by atoms with E-state index < -0.39 is 0 Å². The van der Waals surface area contributed by atoms with Gasteiger partial charge in [-0.1, -0.05) is 11.6 Å². The molecule has 0 radical (unpaired) electrons. The number of benzene rings is 1. The first-order chi connectivity index (χ1) is 7.08. The molecule has 2 rings (SSSR count). The SMILES string of the molecule is CC(=O)Cc1c(C)[nH]c2ccc(Cl)cc12. The summed E-state index contributed by atoms with van der Waals surface area (Å²) in [5.74, 6) is 0.166. The molecule has 1 aromatic heterocycles. The number of fused-ring (bicyclic) bond motifs is 1. The fraction of sp³-hybridized carbons (Fsp3) is 0.250. The van der Waals surface area contributed by atoms with Gasteiger partial charge in [-0.2, -0.15) is 0 Å². The summed E-state index contributed by atoms with van der Waals surface area (Å²) in [6.45, 7) is 3.58. The number of rotatable bonds is 2. The Morgan fingerprint density at radius 1 is 1.47 bits per heavy atom. The normalized spacial score (nSPS) is 10.9. The molecule has 0 bridgehead atoms. The van der Waals surface area contributed by atoms with Crippen molar-refractivity contribution in [1.82, 2.24) is 4.98 Å². The molecule has 0 aliphatic rings. The van der Waals surface area contributed by atoms with E-state index >= 15 is 0 Å². The van der Waals surface area contributed by atoms with Crippen molar-refractivity contribution < 1.29 is 4.79 Å². The third-order valence-electron chi connectivity index (χ3n) is 2.51. The van der Waals surface area contributed by atoms with Crippen LogP contribution in [0.15, 0.2) is 18.2 Å². The zero-order valence-corrected chi connectivity index (χ0v) is 9.48. The first kappa shape index (κ1) is 10.2. The van der Waals surface area contributed by atoms with Crippen LogP contribution in [0.1, 0.15) is 18.2 Å². The van der Waals surface area contributed by atoms with Crippen LogP contribution in [0.2, 0.25) is 5.02 Å². The molecule has 0 saturated heterocycles. The third-order valence-corrected chi connectivity index (χ3v) is 2.74. The number of hydrogen-bond donors (Lipinski definition) is 1. The minimum absolute atomic E-state index is 0.166. The molecule has 1 aromatic carbocycles. The van der Waals surface area contributed by atoms with Crippen LogP contribution >= 0.6 is 11.6 Å². The zero-order valence-electron chi connectivity index (χ0n) is 8.73. The predicted molar refractivity (Wildman–Crippen MR) is 62.4 cm³/mol. The molecule has 0 amide bonds. The zero-order chi connectivity index (χ0) is 11.0. The molecular formula is C12H12ClNO. The maximum absolute atomic E-state index is 11.1. The molecule has 15 heavy (non-hydrogen) atoms. The highest BCUT2D eigenvalue weighted by atomic mass is 35.5. The molecule has 0 aliphatic heterocycles. The van der Waals surface area contributed by atoms with E-state index in [9.17, 15) is 4.79 Å². The summed E-state index contributed by atoms with van der Waals surface area (Å²) in [6, 6.07) is 5.68. The second-order valence-electron chi connectivity index (χ2n) is 3.80. The molecule has 0 atom stereocenters. The minimum Gasteiger partial charge on any atom is -0.358 e. The highest BCUT2D eigenvalue weighted by Crippen LogP contribution is 2.25. The van der Waals surface area contributed by atoms with E-state index in [2.05, 4.69) is 4.98 Å². The van der Waals surface area contributed by atoms with E-state index in [-0.39, 0.29) is 5.78 Å². The van der Waals surface area contributed by atoms with Crippen molar-refractivity contribution in [2.24, 2.45) is 0 Å². The number of Topliss-reactive ketones (excluding diaryl/α,β-unsaturated/α-hetero) is 1. The van der Waals surface area contributed by atoms with Crippen molar-refractivity contribution in [3.05, 3.63) is 34.5 Å². The highest BCUT2D eigenvalue weighted by Gasteiger charge is 2.10. The van der Waals surface area contributed by atoms with Gasteiger partial charge in [0.15, 0.2) is 0 Å². The van der Waals surface area contributed by atoms with E-state index in [4.69, 9.17) is 11.6 Å². The molecule has 0 fully saturated rings. The van der Waals surface area contributed by atoms with Gasteiger partial charge in [0.2, 0.25) is 0 Å². The van der Waals surface area contributed by atoms with Crippen molar-refractivity contribution in [3.63, 3.8) is 0 Å². The number of hydrogen-bond acceptors (Lipinski definition) is 1. The largest absolute Gasteiger partial charge is 0.358 e. The molecule has 0 aliphatic carbocycles. The van der Waals surface area contributed by atoms with E-state index in [1.165, 1.54) is 0 Å². The fourth-order valence-electron chi connectivity index (χ4n) is 1.83. The molecule has 1 N–H and O–H groups in total. The number of carbonyl (C=O) groups excluding carboxylic acids is 1. The Hall–Kier alpha value is -1.28. The van der Waals surface area contributed by atoms with Gasteiger partial charge in [0.25, 0.3) is 0 Å². The van der Waals surface area contributed by atoms with Gasteiger partial charge in [-0.25, -0.2) is 0 Å². The van der Waals surface area contributed by atoms with E-state index in [0.29, 0.717) is 11.4 Å². The van der Waals surface area contributed by atoms with Gasteiger partial charge in [-0.15, -0.1) is 0 Å².